The van der Waals surface area contributed by atoms with E-state index in [-0.39, 0.29) is 5.82 Å². The number of aliphatic hydroxyl groups excluding tert-OH is 1. The van der Waals surface area contributed by atoms with Gasteiger partial charge in [-0.05, 0) is 41.5 Å². The zero-order chi connectivity index (χ0) is 17.1. The van der Waals surface area contributed by atoms with E-state index >= 15 is 0 Å². The van der Waals surface area contributed by atoms with Crippen LogP contribution in [0.2, 0.25) is 10.0 Å². The minimum atomic E-state index is -0.776. The van der Waals surface area contributed by atoms with E-state index in [0.717, 1.165) is 11.1 Å². The van der Waals surface area contributed by atoms with Crippen LogP contribution in [-0.4, -0.2) is 24.8 Å². The molecule has 1 atom stereocenters. The second-order valence-corrected chi connectivity index (χ2v) is 6.44. The Morgan fingerprint density at radius 2 is 2.08 bits per heavy atom. The van der Waals surface area contributed by atoms with Gasteiger partial charge in [0.15, 0.2) is 0 Å². The smallest absolute Gasteiger partial charge is 0.145 e. The highest BCUT2D eigenvalue weighted by Crippen LogP contribution is 2.36. The molecule has 2 N–H and O–H groups in total. The summed E-state index contributed by atoms with van der Waals surface area (Å²) in [7, 11) is 0. The van der Waals surface area contributed by atoms with E-state index in [9.17, 15) is 9.50 Å². The summed E-state index contributed by atoms with van der Waals surface area (Å²) >= 11 is 12.1. The average molecular weight is 368 g/mol. The summed E-state index contributed by atoms with van der Waals surface area (Å²) < 4.78 is 18.8. The van der Waals surface area contributed by atoms with Crippen LogP contribution in [0.1, 0.15) is 17.2 Å². The number of halogens is 3. The molecule has 0 amide bonds. The molecule has 0 saturated carbocycles. The van der Waals surface area contributed by atoms with Crippen molar-refractivity contribution in [1.82, 2.24) is 5.32 Å². The Hall–Kier alpha value is -1.59. The highest BCUT2D eigenvalue weighted by Gasteiger charge is 2.16. The monoisotopic (exact) mass is 367 g/mol. The lowest BCUT2D eigenvalue weighted by Gasteiger charge is -2.20. The van der Waals surface area contributed by atoms with Crippen LogP contribution < -0.4 is 10.1 Å². The summed E-state index contributed by atoms with van der Waals surface area (Å²) in [6.45, 7) is 1.26. The number of fused-ring (bicyclic) bond motifs is 1. The Morgan fingerprint density at radius 1 is 1.25 bits per heavy atom. The fourth-order valence-electron chi connectivity index (χ4n) is 2.57. The van der Waals surface area contributed by atoms with Gasteiger partial charge in [0.25, 0.3) is 0 Å². The van der Waals surface area contributed by atoms with Gasteiger partial charge in [0, 0.05) is 23.7 Å². The number of rotatable bonds is 5. The van der Waals surface area contributed by atoms with Crippen LogP contribution in [0, 0.1) is 5.82 Å². The topological polar surface area (TPSA) is 41.5 Å². The predicted octanol–water partition coefficient (Wildman–Crippen LogP) is 4.23. The third-order valence-corrected chi connectivity index (χ3v) is 4.22. The van der Waals surface area contributed by atoms with Crippen molar-refractivity contribution < 1.29 is 14.2 Å². The number of ether oxygens (including phenoxy) is 1. The largest absolute Gasteiger partial charge is 0.487 e. The van der Waals surface area contributed by atoms with Crippen molar-refractivity contribution in [3.8, 4) is 5.75 Å². The highest BCUT2D eigenvalue weighted by molar-refractivity contribution is 6.36. The van der Waals surface area contributed by atoms with Crippen molar-refractivity contribution in [1.29, 1.82) is 0 Å². The molecule has 3 rings (SSSR count). The molecule has 126 valence electrons. The fourth-order valence-corrected chi connectivity index (χ4v) is 3.13. The van der Waals surface area contributed by atoms with E-state index in [1.165, 1.54) is 12.1 Å². The SMILES string of the molecule is OC(CNCC1=Cc2cc(Cl)cc(Cl)c2OC1)c1cccc(F)c1. The summed E-state index contributed by atoms with van der Waals surface area (Å²) in [6, 6.07) is 9.39. The molecule has 1 unspecified atom stereocenters. The minimum Gasteiger partial charge on any atom is -0.487 e. The van der Waals surface area contributed by atoms with Gasteiger partial charge in [-0.15, -0.1) is 0 Å². The molecule has 0 spiro atoms. The Labute approximate surface area is 149 Å². The molecule has 1 aliphatic heterocycles. The van der Waals surface area contributed by atoms with Gasteiger partial charge in [-0.3, -0.25) is 0 Å². The van der Waals surface area contributed by atoms with Gasteiger partial charge < -0.3 is 15.2 Å². The molecule has 0 radical (unpaired) electrons. The van der Waals surface area contributed by atoms with Gasteiger partial charge in [0.1, 0.15) is 18.2 Å². The molecular formula is C18H16Cl2FNO2. The van der Waals surface area contributed by atoms with Crippen LogP contribution in [0.4, 0.5) is 4.39 Å². The van der Waals surface area contributed by atoms with E-state index < -0.39 is 6.10 Å². The maximum atomic E-state index is 13.2. The lowest BCUT2D eigenvalue weighted by Crippen LogP contribution is -2.26. The second-order valence-electron chi connectivity index (χ2n) is 5.60. The molecule has 0 saturated heterocycles. The van der Waals surface area contributed by atoms with Crippen LogP contribution in [0.5, 0.6) is 5.75 Å². The molecule has 0 bridgehead atoms. The van der Waals surface area contributed by atoms with Gasteiger partial charge in [0.2, 0.25) is 0 Å². The van der Waals surface area contributed by atoms with Gasteiger partial charge in [-0.2, -0.15) is 0 Å². The highest BCUT2D eigenvalue weighted by atomic mass is 35.5. The molecule has 1 heterocycles. The molecule has 24 heavy (non-hydrogen) atoms. The summed E-state index contributed by atoms with van der Waals surface area (Å²) in [6.07, 6.45) is 1.19. The third kappa shape index (κ3) is 4.08. The number of hydrogen-bond acceptors (Lipinski definition) is 3. The molecule has 0 aromatic heterocycles. The number of benzene rings is 2. The number of aliphatic hydroxyl groups is 1. The Kier molecular flexibility index (Phi) is 5.41. The summed E-state index contributed by atoms with van der Waals surface area (Å²) in [4.78, 5) is 0. The maximum absolute atomic E-state index is 13.2. The van der Waals surface area contributed by atoms with E-state index in [0.29, 0.717) is 41.1 Å². The van der Waals surface area contributed by atoms with Crippen molar-refractivity contribution in [2.75, 3.05) is 19.7 Å². The molecule has 0 aliphatic carbocycles. The van der Waals surface area contributed by atoms with Crippen molar-refractivity contribution >= 4 is 29.3 Å². The molecular weight excluding hydrogens is 352 g/mol. The van der Waals surface area contributed by atoms with Crippen LogP contribution >= 0.6 is 23.2 Å². The first-order valence-electron chi connectivity index (χ1n) is 7.48. The standard InChI is InChI=1S/C18H16Cl2FNO2/c19-14-5-13-4-11(10-24-18(13)16(20)7-14)8-22-9-17(23)12-2-1-3-15(21)6-12/h1-7,17,22-23H,8-10H2. The van der Waals surface area contributed by atoms with E-state index in [2.05, 4.69) is 5.32 Å². The zero-order valence-electron chi connectivity index (χ0n) is 12.7. The molecule has 1 aliphatic rings. The second kappa shape index (κ2) is 7.53. The van der Waals surface area contributed by atoms with Crippen molar-refractivity contribution in [3.63, 3.8) is 0 Å². The Morgan fingerprint density at radius 3 is 2.88 bits per heavy atom. The molecule has 2 aromatic carbocycles. The normalized spacial score (nSPS) is 14.6. The van der Waals surface area contributed by atoms with Crippen molar-refractivity contribution in [2.45, 2.75) is 6.10 Å². The fraction of sp³-hybridized carbons (Fsp3) is 0.222. The average Bonchev–Trinajstić information content (AvgIpc) is 2.54. The van der Waals surface area contributed by atoms with Crippen LogP contribution in [-0.2, 0) is 0 Å². The van der Waals surface area contributed by atoms with Gasteiger partial charge >= 0.3 is 0 Å². The molecule has 6 heteroatoms. The molecule has 0 fully saturated rings. The van der Waals surface area contributed by atoms with Crippen molar-refractivity contribution in [2.24, 2.45) is 0 Å². The lowest BCUT2D eigenvalue weighted by atomic mass is 10.1. The summed E-state index contributed by atoms with van der Waals surface area (Å²) in [5.74, 6) is 0.268. The van der Waals surface area contributed by atoms with E-state index in [1.54, 1.807) is 24.3 Å². The van der Waals surface area contributed by atoms with Crippen molar-refractivity contribution in [3.05, 3.63) is 69.0 Å². The molecule has 3 nitrogen and oxygen atoms in total. The Bertz CT molecular complexity index is 780. The predicted molar refractivity (Wildman–Crippen MR) is 94.2 cm³/mol. The number of hydrogen-bond donors (Lipinski definition) is 2. The first kappa shape index (κ1) is 17.2. The zero-order valence-corrected chi connectivity index (χ0v) is 14.2. The number of nitrogens with one attached hydrogen (secondary N) is 1. The Balaban J connectivity index is 1.60. The van der Waals surface area contributed by atoms with Gasteiger partial charge in [0.05, 0.1) is 11.1 Å². The van der Waals surface area contributed by atoms with Gasteiger partial charge in [-0.25, -0.2) is 4.39 Å². The lowest BCUT2D eigenvalue weighted by molar-refractivity contribution is 0.175. The first-order chi connectivity index (χ1) is 11.5. The van der Waals surface area contributed by atoms with E-state index in [1.807, 2.05) is 6.08 Å². The third-order valence-electron chi connectivity index (χ3n) is 3.72. The van der Waals surface area contributed by atoms with Crippen LogP contribution in [0.25, 0.3) is 6.08 Å². The van der Waals surface area contributed by atoms with E-state index in [4.69, 9.17) is 27.9 Å². The maximum Gasteiger partial charge on any atom is 0.145 e. The van der Waals surface area contributed by atoms with Gasteiger partial charge in [-0.1, -0.05) is 35.3 Å². The quantitative estimate of drug-likeness (QED) is 0.830. The van der Waals surface area contributed by atoms with Crippen LogP contribution in [0.3, 0.4) is 0 Å². The summed E-state index contributed by atoms with van der Waals surface area (Å²) in [5.41, 5.74) is 2.38. The van der Waals surface area contributed by atoms with Crippen LogP contribution in [0.15, 0.2) is 42.0 Å². The molecule has 2 aromatic rings. The first-order valence-corrected chi connectivity index (χ1v) is 8.24. The minimum absolute atomic E-state index is 0.309. The summed E-state index contributed by atoms with van der Waals surface area (Å²) in [5, 5.41) is 14.3.